The first-order valence-electron chi connectivity index (χ1n) is 26.6. The molecule has 3 unspecified atom stereocenters. The van der Waals surface area contributed by atoms with Gasteiger partial charge in [0, 0.05) is 6.42 Å². The molecule has 0 aromatic rings. The molecule has 0 saturated heterocycles. The van der Waals surface area contributed by atoms with Crippen molar-refractivity contribution in [3.8, 4) is 0 Å². The molecular formula is C57H101N2O6P. The molecule has 66 heavy (non-hydrogen) atoms. The van der Waals surface area contributed by atoms with Gasteiger partial charge in [-0.05, 0) is 89.9 Å². The third-order valence-electron chi connectivity index (χ3n) is 11.3. The van der Waals surface area contributed by atoms with E-state index in [1.807, 2.05) is 27.2 Å². The number of carbonyl (C=O) groups is 1. The Kier molecular flexibility index (Phi) is 45.6. The number of nitrogens with zero attached hydrogens (tertiary/aromatic N) is 1. The number of aliphatic hydroxyl groups excluding tert-OH is 1. The molecule has 1 amide bonds. The molecule has 0 radical (unpaired) electrons. The predicted octanol–water partition coefficient (Wildman–Crippen LogP) is 15.2. The van der Waals surface area contributed by atoms with Crippen LogP contribution in [-0.2, 0) is 18.4 Å². The number of carbonyl (C=O) groups excluding carboxylic acids is 1. The van der Waals surface area contributed by atoms with E-state index < -0.39 is 26.6 Å². The quantitative estimate of drug-likeness (QED) is 0.0272. The van der Waals surface area contributed by atoms with Gasteiger partial charge in [-0.15, -0.1) is 0 Å². The van der Waals surface area contributed by atoms with E-state index in [0.29, 0.717) is 17.4 Å². The topological polar surface area (TPSA) is 108 Å². The van der Waals surface area contributed by atoms with Gasteiger partial charge in [0.05, 0.1) is 39.9 Å². The van der Waals surface area contributed by atoms with Crippen molar-refractivity contribution >= 4 is 13.7 Å². The maximum absolute atomic E-state index is 12.9. The number of phosphoric acid groups is 1. The molecular weight excluding hydrogens is 840 g/mol. The van der Waals surface area contributed by atoms with Crippen molar-refractivity contribution in [3.63, 3.8) is 0 Å². The zero-order valence-corrected chi connectivity index (χ0v) is 44.0. The molecule has 0 saturated carbocycles. The van der Waals surface area contributed by atoms with E-state index >= 15 is 0 Å². The molecule has 0 heterocycles. The zero-order valence-electron chi connectivity index (χ0n) is 43.1. The number of aliphatic hydroxyl groups is 1. The Morgan fingerprint density at radius 2 is 0.939 bits per heavy atom. The first kappa shape index (κ1) is 63.4. The predicted molar refractivity (Wildman–Crippen MR) is 283 cm³/mol. The fraction of sp³-hybridized carbons (Fsp3) is 0.702. The van der Waals surface area contributed by atoms with Gasteiger partial charge >= 0.3 is 0 Å². The molecule has 0 spiro atoms. The summed E-state index contributed by atoms with van der Waals surface area (Å²) in [6.45, 7) is 4.49. The molecule has 380 valence electrons. The Morgan fingerprint density at radius 1 is 0.545 bits per heavy atom. The molecule has 3 atom stereocenters. The second-order valence-electron chi connectivity index (χ2n) is 18.8. The molecule has 8 nitrogen and oxygen atoms in total. The maximum Gasteiger partial charge on any atom is 0.268 e. The van der Waals surface area contributed by atoms with Crippen molar-refractivity contribution < 1.29 is 32.9 Å². The molecule has 0 aromatic carbocycles. The van der Waals surface area contributed by atoms with E-state index in [1.165, 1.54) is 109 Å². The van der Waals surface area contributed by atoms with Crippen molar-refractivity contribution in [2.45, 2.75) is 219 Å². The van der Waals surface area contributed by atoms with Crippen LogP contribution in [0.25, 0.3) is 0 Å². The normalized spacial score (nSPS) is 14.8. The summed E-state index contributed by atoms with van der Waals surface area (Å²) in [4.78, 5) is 25.4. The number of allylic oxidation sites excluding steroid dienone is 15. The molecule has 0 aliphatic carbocycles. The van der Waals surface area contributed by atoms with Crippen LogP contribution in [0, 0.1) is 0 Å². The van der Waals surface area contributed by atoms with Crippen LogP contribution in [0.4, 0.5) is 0 Å². The van der Waals surface area contributed by atoms with E-state index in [0.717, 1.165) is 77.0 Å². The minimum Gasteiger partial charge on any atom is -0.756 e. The highest BCUT2D eigenvalue weighted by Crippen LogP contribution is 2.38. The van der Waals surface area contributed by atoms with Crippen molar-refractivity contribution in [2.24, 2.45) is 0 Å². The first-order valence-corrected chi connectivity index (χ1v) is 28.1. The number of phosphoric ester groups is 1. The highest BCUT2D eigenvalue weighted by atomic mass is 31.2. The Balaban J connectivity index is 4.31. The molecule has 0 aromatic heterocycles. The summed E-state index contributed by atoms with van der Waals surface area (Å²) in [5, 5.41) is 13.8. The number of hydrogen-bond donors (Lipinski definition) is 2. The zero-order chi connectivity index (χ0) is 48.5. The lowest BCUT2D eigenvalue weighted by Gasteiger charge is -2.29. The van der Waals surface area contributed by atoms with Gasteiger partial charge in [0.25, 0.3) is 7.82 Å². The Labute approximate surface area is 407 Å². The van der Waals surface area contributed by atoms with Crippen molar-refractivity contribution in [1.29, 1.82) is 0 Å². The first-order chi connectivity index (χ1) is 32.0. The fourth-order valence-corrected chi connectivity index (χ4v) is 7.82. The van der Waals surface area contributed by atoms with Crippen LogP contribution in [0.15, 0.2) is 97.2 Å². The van der Waals surface area contributed by atoms with Crippen molar-refractivity contribution in [1.82, 2.24) is 5.32 Å². The average molecular weight is 941 g/mol. The molecule has 2 N–H and O–H groups in total. The summed E-state index contributed by atoms with van der Waals surface area (Å²) in [6.07, 6.45) is 67.5. The second-order valence-corrected chi connectivity index (χ2v) is 20.2. The van der Waals surface area contributed by atoms with Gasteiger partial charge in [-0.25, -0.2) is 0 Å². The van der Waals surface area contributed by atoms with Gasteiger partial charge < -0.3 is 28.8 Å². The third kappa shape index (κ3) is 49.3. The number of quaternary nitrogens is 1. The fourth-order valence-electron chi connectivity index (χ4n) is 7.09. The van der Waals surface area contributed by atoms with Crippen LogP contribution in [-0.4, -0.2) is 68.5 Å². The van der Waals surface area contributed by atoms with Gasteiger partial charge in [0.1, 0.15) is 13.2 Å². The van der Waals surface area contributed by atoms with Crippen LogP contribution in [0.2, 0.25) is 0 Å². The molecule has 0 fully saturated rings. The summed E-state index contributed by atoms with van der Waals surface area (Å²) < 4.78 is 23.3. The van der Waals surface area contributed by atoms with E-state index in [1.54, 1.807) is 6.08 Å². The van der Waals surface area contributed by atoms with E-state index in [9.17, 15) is 19.4 Å². The smallest absolute Gasteiger partial charge is 0.268 e. The van der Waals surface area contributed by atoms with Crippen molar-refractivity contribution in [2.75, 3.05) is 40.9 Å². The molecule has 0 aliphatic heterocycles. The Morgan fingerprint density at radius 3 is 1.41 bits per heavy atom. The standard InChI is InChI=1S/C57H101N2O6P/c1-6-8-10-12-14-16-18-20-22-24-25-26-27-28-29-30-31-32-33-35-37-39-41-43-45-47-49-51-57(61)58-55(54-65-66(62,63)64-53-52-59(3,4)5)56(60)50-48-46-44-42-40-38-36-34-23-21-19-17-15-13-11-9-7-2/h8,10,14,16,20,22-23,25-26,28-29,34,40,42,48,50,55-56,60H,6-7,9,11-13,15,17-19,21,24,27,30-33,35-39,41,43-47,49,51-54H2,1-5H3,(H-,58,61,62,63)/b10-8-,16-14-,22-20-,26-25-,29-28-,34-23+,42-40+,50-48+. The second kappa shape index (κ2) is 47.5. The van der Waals surface area contributed by atoms with E-state index in [-0.39, 0.29) is 12.5 Å². The van der Waals surface area contributed by atoms with Crippen LogP contribution in [0.5, 0.6) is 0 Å². The molecule has 0 rings (SSSR count). The number of rotatable bonds is 47. The number of hydrogen-bond acceptors (Lipinski definition) is 6. The Bertz CT molecular complexity index is 1390. The van der Waals surface area contributed by atoms with Crippen LogP contribution in [0.1, 0.15) is 206 Å². The van der Waals surface area contributed by atoms with Crippen LogP contribution in [0.3, 0.4) is 0 Å². The summed E-state index contributed by atoms with van der Waals surface area (Å²) >= 11 is 0. The summed E-state index contributed by atoms with van der Waals surface area (Å²) in [5.74, 6) is -0.219. The minimum absolute atomic E-state index is 0.0141. The lowest BCUT2D eigenvalue weighted by Crippen LogP contribution is -2.45. The van der Waals surface area contributed by atoms with Gasteiger partial charge in [-0.2, -0.15) is 0 Å². The number of amides is 1. The van der Waals surface area contributed by atoms with E-state index in [2.05, 4.69) is 104 Å². The Hall–Kier alpha value is -2.58. The van der Waals surface area contributed by atoms with Crippen molar-refractivity contribution in [3.05, 3.63) is 97.2 Å². The summed E-state index contributed by atoms with van der Waals surface area (Å²) in [5.41, 5.74) is 0. The molecule has 0 aliphatic rings. The minimum atomic E-state index is -4.61. The maximum atomic E-state index is 12.9. The summed E-state index contributed by atoms with van der Waals surface area (Å²) in [7, 11) is 1.22. The van der Waals surface area contributed by atoms with Gasteiger partial charge in [0.15, 0.2) is 0 Å². The third-order valence-corrected chi connectivity index (χ3v) is 12.2. The van der Waals surface area contributed by atoms with Gasteiger partial charge in [0.2, 0.25) is 5.91 Å². The largest absolute Gasteiger partial charge is 0.756 e. The average Bonchev–Trinajstić information content (AvgIpc) is 3.28. The van der Waals surface area contributed by atoms with Crippen LogP contribution < -0.4 is 10.2 Å². The lowest BCUT2D eigenvalue weighted by atomic mass is 10.0. The number of unbranched alkanes of at least 4 members (excludes halogenated alkanes) is 20. The van der Waals surface area contributed by atoms with Gasteiger partial charge in [-0.3, -0.25) is 9.36 Å². The molecule has 0 bridgehead atoms. The highest BCUT2D eigenvalue weighted by Gasteiger charge is 2.23. The number of nitrogens with one attached hydrogen (secondary N) is 1. The monoisotopic (exact) mass is 941 g/mol. The highest BCUT2D eigenvalue weighted by molar-refractivity contribution is 7.45. The summed E-state index contributed by atoms with van der Waals surface area (Å²) in [6, 6.07) is -0.917. The van der Waals surface area contributed by atoms with E-state index in [4.69, 9.17) is 9.05 Å². The SMILES string of the molecule is CC/C=C\C/C=C\C/C=C\C/C=C\C/C=C\CCCCCCCCCCCCCC(=O)NC(COP(=O)([O-])OCC[N+](C)(C)C)C(O)/C=C/CC/C=C/CC/C=C/CCCCCCCCC. The lowest BCUT2D eigenvalue weighted by molar-refractivity contribution is -0.870. The van der Waals surface area contributed by atoms with Crippen LogP contribution >= 0.6 is 7.82 Å². The number of likely N-dealkylation sites (N-methyl/N-ethyl adjacent to an activating group) is 1. The molecule has 9 heteroatoms. The van der Waals surface area contributed by atoms with Gasteiger partial charge in [-0.1, -0.05) is 207 Å².